The van der Waals surface area contributed by atoms with E-state index in [1.54, 1.807) is 0 Å². The maximum absolute atomic E-state index is 12.4. The van der Waals surface area contributed by atoms with E-state index in [4.69, 9.17) is 9.16 Å². The number of hydrogen-bond acceptors (Lipinski definition) is 3. The zero-order valence-corrected chi connectivity index (χ0v) is 17.9. The number of carbonyl (C=O) groups excluding carboxylic acids is 1. The quantitative estimate of drug-likeness (QED) is 0.672. The van der Waals surface area contributed by atoms with Gasteiger partial charge in [0, 0.05) is 13.1 Å². The van der Waals surface area contributed by atoms with Crippen molar-refractivity contribution < 1.29 is 14.0 Å². The fraction of sp³-hybridized carbons (Fsp3) is 0.571. The van der Waals surface area contributed by atoms with Gasteiger partial charge in [0.25, 0.3) is 0 Å². The molecule has 2 aliphatic rings. The summed E-state index contributed by atoms with van der Waals surface area (Å²) in [5.41, 5.74) is 2.04. The molecule has 4 nitrogen and oxygen atoms in total. The van der Waals surface area contributed by atoms with Crippen molar-refractivity contribution in [3.8, 4) is 0 Å². The molecule has 1 aromatic carbocycles. The van der Waals surface area contributed by atoms with Crippen molar-refractivity contribution >= 4 is 20.5 Å². The normalized spacial score (nSPS) is 19.2. The number of benzene rings is 1. The van der Waals surface area contributed by atoms with Crippen molar-refractivity contribution in [2.45, 2.75) is 64.3 Å². The van der Waals surface area contributed by atoms with Crippen molar-refractivity contribution in [1.82, 2.24) is 4.90 Å². The van der Waals surface area contributed by atoms with Gasteiger partial charge in [-0.1, -0.05) is 24.3 Å². The SMILES string of the molecule is CC(C)(C)OC(=O)N1CCC2(CC1)C(O[Si](C)(C)C)=Cc1ccccc12. The van der Waals surface area contributed by atoms with Crippen LogP contribution in [0.5, 0.6) is 0 Å². The van der Waals surface area contributed by atoms with Crippen LogP contribution in [0.2, 0.25) is 19.6 Å². The summed E-state index contributed by atoms with van der Waals surface area (Å²) in [5.74, 6) is 1.10. The van der Waals surface area contributed by atoms with Gasteiger partial charge in [-0.3, -0.25) is 0 Å². The number of allylic oxidation sites excluding steroid dienone is 1. The van der Waals surface area contributed by atoms with Crippen LogP contribution in [-0.2, 0) is 14.6 Å². The van der Waals surface area contributed by atoms with E-state index < -0.39 is 13.9 Å². The van der Waals surface area contributed by atoms with Gasteiger partial charge < -0.3 is 14.1 Å². The standard InChI is InChI=1S/C21H31NO3Si/c1-20(2,3)24-19(23)22-13-11-21(12-14-22)17-10-8-7-9-16(17)15-18(21)25-26(4,5)6/h7-10,15H,11-14H2,1-6H3. The number of carbonyl (C=O) groups is 1. The molecule has 0 bridgehead atoms. The maximum Gasteiger partial charge on any atom is 0.410 e. The van der Waals surface area contributed by atoms with Crippen LogP contribution in [-0.4, -0.2) is 38.0 Å². The van der Waals surface area contributed by atoms with Gasteiger partial charge in [-0.15, -0.1) is 0 Å². The molecule has 142 valence electrons. The van der Waals surface area contributed by atoms with Crippen LogP contribution in [0.1, 0.15) is 44.7 Å². The third kappa shape index (κ3) is 3.82. The van der Waals surface area contributed by atoms with Crippen LogP contribution in [0.3, 0.4) is 0 Å². The molecule has 1 fully saturated rings. The number of likely N-dealkylation sites (tertiary alicyclic amines) is 1. The summed E-state index contributed by atoms with van der Waals surface area (Å²) in [7, 11) is -1.72. The lowest BCUT2D eigenvalue weighted by atomic mass is 9.73. The lowest BCUT2D eigenvalue weighted by molar-refractivity contribution is 0.0165. The van der Waals surface area contributed by atoms with Crippen LogP contribution in [0, 0.1) is 0 Å². The lowest BCUT2D eigenvalue weighted by Gasteiger charge is -2.43. The molecule has 5 heteroatoms. The zero-order chi connectivity index (χ0) is 19.2. The maximum atomic E-state index is 12.4. The van der Waals surface area contributed by atoms with Gasteiger partial charge in [0.2, 0.25) is 8.32 Å². The fourth-order valence-corrected chi connectivity index (χ4v) is 4.76. The van der Waals surface area contributed by atoms with Crippen molar-refractivity contribution in [3.63, 3.8) is 0 Å². The highest BCUT2D eigenvalue weighted by molar-refractivity contribution is 6.70. The largest absolute Gasteiger partial charge is 0.547 e. The molecule has 1 saturated heterocycles. The zero-order valence-electron chi connectivity index (χ0n) is 16.9. The molecule has 1 spiro atoms. The lowest BCUT2D eigenvalue weighted by Crippen LogP contribution is -2.48. The first-order valence-electron chi connectivity index (χ1n) is 9.49. The Hall–Kier alpha value is -1.75. The predicted molar refractivity (Wildman–Crippen MR) is 108 cm³/mol. The highest BCUT2D eigenvalue weighted by atomic mass is 28.4. The second-order valence-electron chi connectivity index (χ2n) is 9.36. The second-order valence-corrected chi connectivity index (χ2v) is 13.8. The summed E-state index contributed by atoms with van der Waals surface area (Å²) in [6.07, 6.45) is 3.76. The van der Waals surface area contributed by atoms with Gasteiger partial charge in [-0.05, 0) is 70.5 Å². The topological polar surface area (TPSA) is 38.8 Å². The molecule has 0 atom stereocenters. The summed E-state index contributed by atoms with van der Waals surface area (Å²) in [6.45, 7) is 13.8. The first-order chi connectivity index (χ1) is 12.0. The number of amides is 1. The number of ether oxygens (including phenoxy) is 1. The van der Waals surface area contributed by atoms with Crippen molar-refractivity contribution in [2.75, 3.05) is 13.1 Å². The van der Waals surface area contributed by atoms with Gasteiger partial charge in [-0.25, -0.2) is 4.79 Å². The summed E-state index contributed by atoms with van der Waals surface area (Å²) in [4.78, 5) is 14.3. The molecule has 3 rings (SSSR count). The first-order valence-corrected chi connectivity index (χ1v) is 12.9. The molecule has 26 heavy (non-hydrogen) atoms. The van der Waals surface area contributed by atoms with Crippen molar-refractivity contribution in [2.24, 2.45) is 0 Å². The summed E-state index contributed by atoms with van der Waals surface area (Å²) >= 11 is 0. The predicted octanol–water partition coefficient (Wildman–Crippen LogP) is 5.16. The Morgan fingerprint density at radius 3 is 2.31 bits per heavy atom. The van der Waals surface area contributed by atoms with E-state index in [1.165, 1.54) is 11.1 Å². The molecular weight excluding hydrogens is 342 g/mol. The molecule has 1 aliphatic carbocycles. The van der Waals surface area contributed by atoms with Gasteiger partial charge in [-0.2, -0.15) is 0 Å². The number of rotatable bonds is 2. The Balaban J connectivity index is 1.82. The Morgan fingerprint density at radius 2 is 1.73 bits per heavy atom. The average Bonchev–Trinajstić information content (AvgIpc) is 2.78. The monoisotopic (exact) mass is 373 g/mol. The molecule has 1 amide bonds. The molecule has 0 aromatic heterocycles. The molecule has 0 radical (unpaired) electrons. The number of nitrogens with zero attached hydrogens (tertiary/aromatic N) is 1. The van der Waals surface area contributed by atoms with E-state index in [2.05, 4.69) is 50.0 Å². The van der Waals surface area contributed by atoms with Crippen LogP contribution < -0.4 is 0 Å². The third-order valence-electron chi connectivity index (χ3n) is 4.92. The molecule has 1 aromatic rings. The van der Waals surface area contributed by atoms with Gasteiger partial charge in [0.05, 0.1) is 11.2 Å². The Labute approximate surface area is 158 Å². The molecular formula is C21H31NO3Si. The Kier molecular flexibility index (Phi) is 4.72. The molecule has 0 N–H and O–H groups in total. The van der Waals surface area contributed by atoms with Crippen molar-refractivity contribution in [3.05, 3.63) is 41.2 Å². The van der Waals surface area contributed by atoms with E-state index >= 15 is 0 Å². The first kappa shape index (κ1) is 19.0. The highest BCUT2D eigenvalue weighted by Gasteiger charge is 2.47. The number of hydrogen-bond donors (Lipinski definition) is 0. The van der Waals surface area contributed by atoms with E-state index in [0.717, 1.165) is 18.6 Å². The minimum atomic E-state index is -1.72. The van der Waals surface area contributed by atoms with Gasteiger partial charge in [0.15, 0.2) is 0 Å². The minimum Gasteiger partial charge on any atom is -0.547 e. The second kappa shape index (κ2) is 6.45. The molecule has 0 unspecified atom stereocenters. The van der Waals surface area contributed by atoms with Crippen molar-refractivity contribution in [1.29, 1.82) is 0 Å². The summed E-state index contributed by atoms with van der Waals surface area (Å²) in [5, 5.41) is 0. The van der Waals surface area contributed by atoms with E-state index in [1.807, 2.05) is 25.7 Å². The smallest absolute Gasteiger partial charge is 0.410 e. The van der Waals surface area contributed by atoms with Gasteiger partial charge >= 0.3 is 6.09 Å². The number of piperidine rings is 1. The Morgan fingerprint density at radius 1 is 1.12 bits per heavy atom. The van der Waals surface area contributed by atoms with Crippen LogP contribution in [0.4, 0.5) is 4.79 Å². The van der Waals surface area contributed by atoms with E-state index in [0.29, 0.717) is 13.1 Å². The Bertz CT molecular complexity index is 720. The summed E-state index contributed by atoms with van der Waals surface area (Å²) in [6, 6.07) is 8.57. The summed E-state index contributed by atoms with van der Waals surface area (Å²) < 4.78 is 12.1. The molecule has 0 saturated carbocycles. The highest BCUT2D eigenvalue weighted by Crippen LogP contribution is 2.50. The molecule has 1 aliphatic heterocycles. The van der Waals surface area contributed by atoms with Crippen LogP contribution in [0.15, 0.2) is 30.0 Å². The third-order valence-corrected chi connectivity index (χ3v) is 5.75. The number of fused-ring (bicyclic) bond motifs is 2. The molecule has 1 heterocycles. The van der Waals surface area contributed by atoms with E-state index in [-0.39, 0.29) is 11.5 Å². The average molecular weight is 374 g/mol. The fourth-order valence-electron chi connectivity index (χ4n) is 3.84. The van der Waals surface area contributed by atoms with Crippen LogP contribution >= 0.6 is 0 Å². The van der Waals surface area contributed by atoms with E-state index in [9.17, 15) is 4.79 Å². The van der Waals surface area contributed by atoms with Gasteiger partial charge in [0.1, 0.15) is 5.60 Å². The minimum absolute atomic E-state index is 0.102. The van der Waals surface area contributed by atoms with Crippen LogP contribution in [0.25, 0.3) is 6.08 Å².